The monoisotopic (exact) mass is 209 g/mol. The topological polar surface area (TPSA) is 74.6 Å². The lowest BCUT2D eigenvalue weighted by molar-refractivity contribution is 0.177. The minimum Gasteiger partial charge on any atom is -0.355 e. The van der Waals surface area contributed by atoms with Crippen LogP contribution in [0.1, 0.15) is 11.1 Å². The summed E-state index contributed by atoms with van der Waals surface area (Å²) in [7, 11) is 0. The van der Waals surface area contributed by atoms with Crippen molar-refractivity contribution in [1.82, 2.24) is 9.94 Å². The zero-order valence-electron chi connectivity index (χ0n) is 8.08. The third kappa shape index (κ3) is 1.70. The molecule has 1 aromatic heterocycles. The molecule has 0 aliphatic carbocycles. The fourth-order valence-electron chi connectivity index (χ4n) is 1.18. The molecule has 5 nitrogen and oxygen atoms in total. The molecular weight excluding hydrogens is 204 g/mol. The first-order valence-corrected chi connectivity index (χ1v) is 4.38. The van der Waals surface area contributed by atoms with Crippen molar-refractivity contribution in [2.45, 2.75) is 0 Å². The van der Waals surface area contributed by atoms with Crippen LogP contribution in [0, 0.1) is 28.9 Å². The van der Waals surface area contributed by atoms with E-state index in [1.165, 1.54) is 6.20 Å². The van der Waals surface area contributed by atoms with Gasteiger partial charge in [0.15, 0.2) is 5.75 Å². The third-order valence-electron chi connectivity index (χ3n) is 1.87. The highest BCUT2D eigenvalue weighted by Gasteiger charge is 2.10. The molecule has 75 valence electrons. The van der Waals surface area contributed by atoms with Crippen molar-refractivity contribution in [1.29, 1.82) is 10.5 Å². The number of aromatic nitrogens is 2. The lowest BCUT2D eigenvalue weighted by Gasteiger charge is -2.06. The van der Waals surface area contributed by atoms with Crippen molar-refractivity contribution in [2.24, 2.45) is 0 Å². The SMILES string of the molecule is N#Cc1cccc(C#N)c1On1cc[c]n1. The van der Waals surface area contributed by atoms with Crippen molar-refractivity contribution in [3.05, 3.63) is 47.8 Å². The van der Waals surface area contributed by atoms with E-state index in [4.69, 9.17) is 15.4 Å². The van der Waals surface area contributed by atoms with E-state index in [1.54, 1.807) is 24.3 Å². The molecule has 0 saturated heterocycles. The van der Waals surface area contributed by atoms with Gasteiger partial charge in [-0.2, -0.15) is 10.5 Å². The zero-order chi connectivity index (χ0) is 11.4. The number of hydrogen-bond donors (Lipinski definition) is 0. The van der Waals surface area contributed by atoms with E-state index in [1.807, 2.05) is 12.1 Å². The summed E-state index contributed by atoms with van der Waals surface area (Å²) in [5.41, 5.74) is 0.573. The van der Waals surface area contributed by atoms with E-state index in [-0.39, 0.29) is 16.9 Å². The predicted octanol–water partition coefficient (Wildman–Crippen LogP) is 1.27. The lowest BCUT2D eigenvalue weighted by Crippen LogP contribution is -2.07. The van der Waals surface area contributed by atoms with Crippen LogP contribution in [0.15, 0.2) is 30.5 Å². The van der Waals surface area contributed by atoms with Crippen LogP contribution in [0.4, 0.5) is 0 Å². The molecule has 1 heterocycles. The molecule has 0 spiro atoms. The lowest BCUT2D eigenvalue weighted by atomic mass is 10.1. The molecule has 0 aliphatic rings. The Bertz CT molecular complexity index is 543. The number of nitrogens with zero attached hydrogens (tertiary/aromatic N) is 4. The third-order valence-corrected chi connectivity index (χ3v) is 1.87. The van der Waals surface area contributed by atoms with Crippen molar-refractivity contribution >= 4 is 0 Å². The van der Waals surface area contributed by atoms with Crippen LogP contribution in [0.25, 0.3) is 0 Å². The van der Waals surface area contributed by atoms with E-state index >= 15 is 0 Å². The van der Waals surface area contributed by atoms with Gasteiger partial charge in [-0.1, -0.05) is 10.9 Å². The Kier molecular flexibility index (Phi) is 2.53. The fraction of sp³-hybridized carbons (Fsp3) is 0. The maximum absolute atomic E-state index is 8.89. The molecule has 2 rings (SSSR count). The number of nitriles is 2. The number of para-hydroxylation sites is 1. The second kappa shape index (κ2) is 4.16. The molecule has 0 fully saturated rings. The molecule has 1 aromatic carbocycles. The highest BCUT2D eigenvalue weighted by molar-refractivity contribution is 5.53. The molecule has 0 amide bonds. The standard InChI is InChI=1S/C11H5N4O/c12-7-9-3-1-4-10(8-13)11(9)16-15-6-2-5-14-15/h1-4,6H. The molecule has 0 atom stereocenters. The van der Waals surface area contributed by atoms with Crippen molar-refractivity contribution < 1.29 is 4.84 Å². The summed E-state index contributed by atoms with van der Waals surface area (Å²) in [4.78, 5) is 6.43. The van der Waals surface area contributed by atoms with Crippen LogP contribution < -0.4 is 4.84 Å². The van der Waals surface area contributed by atoms with Crippen LogP contribution >= 0.6 is 0 Å². The molecule has 0 unspecified atom stereocenters. The molecule has 0 N–H and O–H groups in total. The average Bonchev–Trinajstić information content (AvgIpc) is 2.82. The van der Waals surface area contributed by atoms with Gasteiger partial charge in [0.25, 0.3) is 0 Å². The Morgan fingerprint density at radius 3 is 2.44 bits per heavy atom. The second-order valence-electron chi connectivity index (χ2n) is 2.84. The van der Waals surface area contributed by atoms with E-state index < -0.39 is 0 Å². The smallest absolute Gasteiger partial charge is 0.193 e. The normalized spacial score (nSPS) is 9.12. The van der Waals surface area contributed by atoms with Gasteiger partial charge in [-0.25, -0.2) is 0 Å². The molecular formula is C11H5N4O. The highest BCUT2D eigenvalue weighted by Crippen LogP contribution is 2.22. The van der Waals surface area contributed by atoms with Gasteiger partial charge >= 0.3 is 0 Å². The van der Waals surface area contributed by atoms with Gasteiger partial charge in [-0.15, -0.1) is 5.10 Å². The maximum Gasteiger partial charge on any atom is 0.193 e. The van der Waals surface area contributed by atoms with Crippen molar-refractivity contribution in [3.63, 3.8) is 0 Å². The summed E-state index contributed by atoms with van der Waals surface area (Å²) >= 11 is 0. The Hall–Kier alpha value is -2.79. The van der Waals surface area contributed by atoms with Crippen LogP contribution in [0.3, 0.4) is 0 Å². The first-order chi connectivity index (χ1) is 7.85. The molecule has 0 aliphatic heterocycles. The predicted molar refractivity (Wildman–Crippen MR) is 53.0 cm³/mol. The van der Waals surface area contributed by atoms with Gasteiger partial charge in [0.1, 0.15) is 18.3 Å². The van der Waals surface area contributed by atoms with Gasteiger partial charge in [-0.05, 0) is 18.2 Å². The average molecular weight is 209 g/mol. The number of hydrogen-bond acceptors (Lipinski definition) is 4. The Morgan fingerprint density at radius 2 is 1.94 bits per heavy atom. The first-order valence-electron chi connectivity index (χ1n) is 4.38. The Balaban J connectivity index is 2.47. The molecule has 5 heteroatoms. The van der Waals surface area contributed by atoms with Gasteiger partial charge in [0.2, 0.25) is 0 Å². The highest BCUT2D eigenvalue weighted by atomic mass is 16.7. The Morgan fingerprint density at radius 1 is 1.25 bits per heavy atom. The van der Waals surface area contributed by atoms with Gasteiger partial charge in [0.05, 0.1) is 17.3 Å². The number of rotatable bonds is 2. The maximum atomic E-state index is 8.89. The largest absolute Gasteiger partial charge is 0.355 e. The minimum atomic E-state index is 0.199. The van der Waals surface area contributed by atoms with E-state index in [9.17, 15) is 0 Å². The van der Waals surface area contributed by atoms with Gasteiger partial charge < -0.3 is 4.84 Å². The number of benzene rings is 1. The van der Waals surface area contributed by atoms with Gasteiger partial charge in [0, 0.05) is 0 Å². The van der Waals surface area contributed by atoms with Crippen LogP contribution in [-0.2, 0) is 0 Å². The second-order valence-corrected chi connectivity index (χ2v) is 2.84. The first kappa shape index (κ1) is 9.75. The minimum absolute atomic E-state index is 0.199. The van der Waals surface area contributed by atoms with E-state index in [0.29, 0.717) is 0 Å². The summed E-state index contributed by atoms with van der Waals surface area (Å²) in [5.74, 6) is 0.199. The summed E-state index contributed by atoms with van der Waals surface area (Å²) in [6.07, 6.45) is 4.07. The van der Waals surface area contributed by atoms with Crippen LogP contribution in [0.5, 0.6) is 5.75 Å². The van der Waals surface area contributed by atoms with Crippen LogP contribution in [-0.4, -0.2) is 9.94 Å². The van der Waals surface area contributed by atoms with E-state index in [2.05, 4.69) is 11.3 Å². The summed E-state index contributed by atoms with van der Waals surface area (Å²) < 4.78 is 0. The molecule has 16 heavy (non-hydrogen) atoms. The Labute approximate surface area is 91.7 Å². The van der Waals surface area contributed by atoms with Crippen LogP contribution in [0.2, 0.25) is 0 Å². The molecule has 0 bridgehead atoms. The molecule has 0 saturated carbocycles. The molecule has 1 radical (unpaired) electrons. The summed E-state index contributed by atoms with van der Waals surface area (Å²) in [5, 5.41) is 21.5. The molecule has 2 aromatic rings. The zero-order valence-corrected chi connectivity index (χ0v) is 8.08. The quantitative estimate of drug-likeness (QED) is 0.746. The van der Waals surface area contributed by atoms with Crippen molar-refractivity contribution in [3.8, 4) is 17.9 Å². The fourth-order valence-corrected chi connectivity index (χ4v) is 1.18. The van der Waals surface area contributed by atoms with E-state index in [0.717, 1.165) is 4.85 Å². The summed E-state index contributed by atoms with van der Waals surface area (Å²) in [6.45, 7) is 0. The summed E-state index contributed by atoms with van der Waals surface area (Å²) in [6, 6.07) is 10.2. The van der Waals surface area contributed by atoms with Gasteiger partial charge in [-0.3, -0.25) is 0 Å². The van der Waals surface area contributed by atoms with Crippen molar-refractivity contribution in [2.75, 3.05) is 0 Å².